The van der Waals surface area contributed by atoms with Crippen LogP contribution < -0.4 is 0 Å². The molecule has 0 aliphatic rings. The average molecular weight is 303 g/mol. The van der Waals surface area contributed by atoms with Gasteiger partial charge in [0.2, 0.25) is 9.05 Å². The third-order valence-corrected chi connectivity index (χ3v) is 3.19. The molecule has 100 valence electrons. The summed E-state index contributed by atoms with van der Waals surface area (Å²) >= 11 is 0. The lowest BCUT2D eigenvalue weighted by atomic mass is 10.1. The maximum atomic E-state index is 10.9. The molecule has 0 radical (unpaired) electrons. The van der Waals surface area contributed by atoms with Crippen LogP contribution in [0, 0.1) is 10.1 Å². The second-order valence-corrected chi connectivity index (χ2v) is 6.45. The number of nitro benzene ring substituents is 1. The molecular weight excluding hydrogens is 296 g/mol. The number of nitro groups is 1. The van der Waals surface area contributed by atoms with Gasteiger partial charge in [0, 0.05) is 34.4 Å². The van der Waals surface area contributed by atoms with Crippen LogP contribution in [0.5, 0.6) is 0 Å². The molecule has 0 saturated heterocycles. The molecular formula is C10H7ClN2O5S. The van der Waals surface area contributed by atoms with Gasteiger partial charge < -0.3 is 4.52 Å². The van der Waals surface area contributed by atoms with Gasteiger partial charge in [-0.1, -0.05) is 17.3 Å². The summed E-state index contributed by atoms with van der Waals surface area (Å²) in [6.45, 7) is 0. The first kappa shape index (κ1) is 13.5. The van der Waals surface area contributed by atoms with Crippen LogP contribution in [-0.2, 0) is 14.8 Å². The van der Waals surface area contributed by atoms with Crippen molar-refractivity contribution < 1.29 is 17.9 Å². The highest BCUT2D eigenvalue weighted by atomic mass is 35.7. The van der Waals surface area contributed by atoms with Crippen LogP contribution in [0.4, 0.5) is 5.69 Å². The Morgan fingerprint density at radius 2 is 2.11 bits per heavy atom. The number of halogens is 1. The van der Waals surface area contributed by atoms with Crippen molar-refractivity contribution in [2.75, 3.05) is 0 Å². The van der Waals surface area contributed by atoms with Crippen molar-refractivity contribution in [2.24, 2.45) is 0 Å². The minimum atomic E-state index is -3.73. The predicted octanol–water partition coefficient (Wildman–Crippen LogP) is 2.32. The molecule has 2 aromatic rings. The number of rotatable bonds is 4. The van der Waals surface area contributed by atoms with Gasteiger partial charge in [0.25, 0.3) is 5.69 Å². The third-order valence-electron chi connectivity index (χ3n) is 2.22. The van der Waals surface area contributed by atoms with Gasteiger partial charge in [-0.15, -0.1) is 0 Å². The largest absolute Gasteiger partial charge is 0.356 e. The summed E-state index contributed by atoms with van der Waals surface area (Å²) in [5.41, 5.74) is 0.469. The number of non-ortho nitro benzene ring substituents is 1. The third kappa shape index (κ3) is 3.52. The lowest BCUT2D eigenvalue weighted by Crippen LogP contribution is -1.94. The van der Waals surface area contributed by atoms with Gasteiger partial charge in [-0.3, -0.25) is 10.1 Å². The molecule has 0 aliphatic heterocycles. The van der Waals surface area contributed by atoms with E-state index in [1.165, 1.54) is 24.3 Å². The van der Waals surface area contributed by atoms with Gasteiger partial charge in [0.1, 0.15) is 11.4 Å². The Labute approximate surface area is 112 Å². The molecule has 1 aromatic heterocycles. The Morgan fingerprint density at radius 1 is 1.37 bits per heavy atom. The van der Waals surface area contributed by atoms with Crippen molar-refractivity contribution in [1.82, 2.24) is 5.16 Å². The molecule has 0 atom stereocenters. The molecule has 1 aromatic carbocycles. The van der Waals surface area contributed by atoms with Crippen molar-refractivity contribution >= 4 is 25.4 Å². The molecule has 1 heterocycles. The van der Waals surface area contributed by atoms with Crippen LogP contribution in [0.25, 0.3) is 11.3 Å². The number of aromatic nitrogens is 1. The maximum absolute atomic E-state index is 10.9. The first-order chi connectivity index (χ1) is 8.85. The molecule has 19 heavy (non-hydrogen) atoms. The van der Waals surface area contributed by atoms with E-state index in [9.17, 15) is 18.5 Å². The molecule has 0 unspecified atom stereocenters. The highest BCUT2D eigenvalue weighted by molar-refractivity contribution is 8.13. The summed E-state index contributed by atoms with van der Waals surface area (Å²) in [5.74, 6) is -0.230. The van der Waals surface area contributed by atoms with Gasteiger partial charge in [0.15, 0.2) is 5.76 Å². The van der Waals surface area contributed by atoms with E-state index in [1.807, 2.05) is 0 Å². The van der Waals surface area contributed by atoms with Crippen molar-refractivity contribution in [2.45, 2.75) is 5.75 Å². The second-order valence-electron chi connectivity index (χ2n) is 3.67. The quantitative estimate of drug-likeness (QED) is 0.487. The Kier molecular flexibility index (Phi) is 3.54. The van der Waals surface area contributed by atoms with Gasteiger partial charge >= 0.3 is 0 Å². The average Bonchev–Trinajstić information content (AvgIpc) is 2.75. The van der Waals surface area contributed by atoms with E-state index < -0.39 is 19.7 Å². The summed E-state index contributed by atoms with van der Waals surface area (Å²) in [6, 6.07) is 7.10. The zero-order valence-electron chi connectivity index (χ0n) is 9.32. The van der Waals surface area contributed by atoms with E-state index in [0.29, 0.717) is 5.56 Å². The van der Waals surface area contributed by atoms with E-state index in [1.54, 1.807) is 6.07 Å². The minimum Gasteiger partial charge on any atom is -0.356 e. The van der Waals surface area contributed by atoms with Crippen LogP contribution >= 0.6 is 10.7 Å². The summed E-state index contributed by atoms with van der Waals surface area (Å²) in [6.07, 6.45) is 0. The SMILES string of the molecule is O=[N+]([O-])c1cccc(-c2cc(CS(=O)(=O)Cl)no2)c1. The Hall–Kier alpha value is -1.93. The number of benzene rings is 1. The van der Waals surface area contributed by atoms with Gasteiger partial charge in [0.05, 0.1) is 4.92 Å². The van der Waals surface area contributed by atoms with Crippen LogP contribution in [0.3, 0.4) is 0 Å². The fourth-order valence-electron chi connectivity index (χ4n) is 1.47. The van der Waals surface area contributed by atoms with E-state index >= 15 is 0 Å². The highest BCUT2D eigenvalue weighted by Crippen LogP contribution is 2.25. The fraction of sp³-hybridized carbons (Fsp3) is 0.100. The Bertz CT molecular complexity index is 725. The molecule has 0 amide bonds. The molecule has 0 N–H and O–H groups in total. The number of hydrogen-bond acceptors (Lipinski definition) is 6. The van der Waals surface area contributed by atoms with Gasteiger partial charge in [-0.2, -0.15) is 0 Å². The summed E-state index contributed by atoms with van der Waals surface area (Å²) < 4.78 is 26.7. The molecule has 9 heteroatoms. The zero-order valence-corrected chi connectivity index (χ0v) is 10.9. The van der Waals surface area contributed by atoms with E-state index in [2.05, 4.69) is 5.16 Å². The summed E-state index contributed by atoms with van der Waals surface area (Å²) in [4.78, 5) is 10.1. The van der Waals surface area contributed by atoms with Crippen LogP contribution in [0.1, 0.15) is 5.69 Å². The second kappa shape index (κ2) is 4.98. The highest BCUT2D eigenvalue weighted by Gasteiger charge is 2.15. The van der Waals surface area contributed by atoms with Gasteiger partial charge in [-0.25, -0.2) is 8.42 Å². The molecule has 0 spiro atoms. The summed E-state index contributed by atoms with van der Waals surface area (Å²) in [5, 5.41) is 14.2. The topological polar surface area (TPSA) is 103 Å². The van der Waals surface area contributed by atoms with E-state index in [-0.39, 0.29) is 17.1 Å². The number of nitrogens with zero attached hydrogens (tertiary/aromatic N) is 2. The monoisotopic (exact) mass is 302 g/mol. The molecule has 0 fully saturated rings. The van der Waals surface area contributed by atoms with Crippen molar-refractivity contribution in [3.05, 3.63) is 46.1 Å². The zero-order chi connectivity index (χ0) is 14.0. The first-order valence-electron chi connectivity index (χ1n) is 4.98. The first-order valence-corrected chi connectivity index (χ1v) is 7.46. The number of hydrogen-bond donors (Lipinski definition) is 0. The van der Waals surface area contributed by atoms with E-state index in [0.717, 1.165) is 0 Å². The fourth-order valence-corrected chi connectivity index (χ4v) is 2.29. The predicted molar refractivity (Wildman–Crippen MR) is 67.1 cm³/mol. The van der Waals surface area contributed by atoms with E-state index in [4.69, 9.17) is 15.2 Å². The van der Waals surface area contributed by atoms with Crippen molar-refractivity contribution in [3.8, 4) is 11.3 Å². The normalized spacial score (nSPS) is 11.4. The standard InChI is InChI=1S/C10H7ClN2O5S/c11-19(16,17)6-8-5-10(18-12-8)7-2-1-3-9(4-7)13(14)15/h1-5H,6H2. The van der Waals surface area contributed by atoms with Crippen molar-refractivity contribution in [3.63, 3.8) is 0 Å². The van der Waals surface area contributed by atoms with Crippen LogP contribution in [0.2, 0.25) is 0 Å². The summed E-state index contributed by atoms with van der Waals surface area (Å²) in [7, 11) is 1.36. The maximum Gasteiger partial charge on any atom is 0.270 e. The Morgan fingerprint density at radius 3 is 2.74 bits per heavy atom. The molecule has 7 nitrogen and oxygen atoms in total. The smallest absolute Gasteiger partial charge is 0.270 e. The Balaban J connectivity index is 2.33. The van der Waals surface area contributed by atoms with Crippen LogP contribution in [0.15, 0.2) is 34.9 Å². The molecule has 2 rings (SSSR count). The molecule has 0 aliphatic carbocycles. The molecule has 0 bridgehead atoms. The van der Waals surface area contributed by atoms with Crippen LogP contribution in [-0.4, -0.2) is 18.5 Å². The van der Waals surface area contributed by atoms with Crippen molar-refractivity contribution in [1.29, 1.82) is 0 Å². The molecule has 0 saturated carbocycles. The lowest BCUT2D eigenvalue weighted by molar-refractivity contribution is -0.384. The lowest BCUT2D eigenvalue weighted by Gasteiger charge is -1.94. The van der Waals surface area contributed by atoms with Gasteiger partial charge in [-0.05, 0) is 0 Å². The minimum absolute atomic E-state index is 0.0968.